The first kappa shape index (κ1) is 50.4. The van der Waals surface area contributed by atoms with Crippen molar-refractivity contribution in [3.8, 4) is 16.9 Å². The third-order valence-corrected chi connectivity index (χ3v) is 15.8. The number of carbonyl (C=O) groups excluding carboxylic acids is 1. The van der Waals surface area contributed by atoms with E-state index >= 15 is 0 Å². The van der Waals surface area contributed by atoms with Crippen LogP contribution in [-0.4, -0.2) is 6.47 Å². The van der Waals surface area contributed by atoms with E-state index in [-0.39, 0.29) is 12.4 Å². The normalized spacial score (nSPS) is 14.9. The van der Waals surface area contributed by atoms with Crippen LogP contribution in [0, 0.1) is 6.57 Å². The molecular weight excluding hydrogens is 941 g/mol. The molecule has 9 aromatic rings. The van der Waals surface area contributed by atoms with Crippen molar-refractivity contribution in [3.05, 3.63) is 285 Å². The highest BCUT2D eigenvalue weighted by Gasteiger charge is 2.51. The van der Waals surface area contributed by atoms with Gasteiger partial charge in [-0.25, -0.2) is 0 Å². The van der Waals surface area contributed by atoms with Crippen molar-refractivity contribution in [2.24, 2.45) is 0 Å². The fraction of sp³-hybridized carbons (Fsp3) is 0.194. The van der Waals surface area contributed by atoms with E-state index in [2.05, 4.69) is 212 Å². The standard InChI is InChI=1S/C72H64N2O3/c1-4-6-8-13-23-52-33-41-57(42-34-52)72(58-43-35-53(36-44-58)24-14-9-7-5-2)66-50-61(74(59-27-17-11-18-28-59)60-29-19-12-20-30-60)45-46-64(66)68-62-31-21-22-32-63(62)70-65(69(68)72)47-48-71(77-70,55-25-15-10-16-26-55)56-39-37-54(38-40-56)49-67(73-3)76-51-75/h10-12,15-22,25-51H,4-9,13-14,23-24H2,1-2H3/b67-49-. The van der Waals surface area contributed by atoms with Crippen molar-refractivity contribution in [2.75, 3.05) is 4.90 Å². The zero-order valence-electron chi connectivity index (χ0n) is 44.1. The summed E-state index contributed by atoms with van der Waals surface area (Å²) in [4.78, 5) is 17.0. The fourth-order valence-electron chi connectivity index (χ4n) is 12.1. The van der Waals surface area contributed by atoms with Crippen LogP contribution in [0.25, 0.3) is 38.9 Å². The van der Waals surface area contributed by atoms with Gasteiger partial charge in [-0.05, 0) is 130 Å². The molecule has 0 bridgehead atoms. The van der Waals surface area contributed by atoms with Crippen LogP contribution in [0.2, 0.25) is 0 Å². The number of unbranched alkanes of at least 4 members (excludes halogenated alkanes) is 6. The number of anilines is 3. The number of aryl methyl sites for hydroxylation is 2. The molecule has 0 radical (unpaired) electrons. The summed E-state index contributed by atoms with van der Waals surface area (Å²) in [5, 5.41) is 2.16. The summed E-state index contributed by atoms with van der Waals surface area (Å²) < 4.78 is 12.8. The Bertz CT molecular complexity index is 3520. The number of carbonyl (C=O) groups is 1. The molecule has 5 nitrogen and oxygen atoms in total. The second kappa shape index (κ2) is 22.6. The minimum absolute atomic E-state index is 0.0961. The third-order valence-electron chi connectivity index (χ3n) is 15.8. The van der Waals surface area contributed by atoms with Gasteiger partial charge in [0.2, 0.25) is 0 Å². The van der Waals surface area contributed by atoms with Crippen molar-refractivity contribution >= 4 is 46.5 Å². The highest BCUT2D eigenvalue weighted by atomic mass is 16.5. The highest BCUT2D eigenvalue weighted by molar-refractivity contribution is 6.10. The molecule has 0 saturated carbocycles. The summed E-state index contributed by atoms with van der Waals surface area (Å²) >= 11 is 0. The maximum Gasteiger partial charge on any atom is 0.348 e. The van der Waals surface area contributed by atoms with Crippen LogP contribution < -0.4 is 9.64 Å². The van der Waals surface area contributed by atoms with Crippen LogP contribution in [0.4, 0.5) is 17.1 Å². The van der Waals surface area contributed by atoms with E-state index in [1.165, 1.54) is 95.9 Å². The summed E-state index contributed by atoms with van der Waals surface area (Å²) in [6, 6.07) is 75.0. The Kier molecular flexibility index (Phi) is 14.8. The Morgan fingerprint density at radius 3 is 1.66 bits per heavy atom. The molecule has 0 aromatic heterocycles. The van der Waals surface area contributed by atoms with Crippen molar-refractivity contribution < 1.29 is 14.3 Å². The number of nitrogens with zero attached hydrogens (tertiary/aromatic N) is 2. The van der Waals surface area contributed by atoms with Gasteiger partial charge in [0.1, 0.15) is 5.75 Å². The Hall–Kier alpha value is -8.72. The number of ether oxygens (including phenoxy) is 2. The number of hydrogen-bond donors (Lipinski definition) is 0. The lowest BCUT2D eigenvalue weighted by atomic mass is 9.65. The minimum Gasteiger partial charge on any atom is -0.472 e. The molecule has 1 aliphatic heterocycles. The number of hydrogen-bond acceptors (Lipinski definition) is 4. The summed E-state index contributed by atoms with van der Waals surface area (Å²) in [5.74, 6) is 0.721. The van der Waals surface area contributed by atoms with Crippen molar-refractivity contribution in [2.45, 2.75) is 89.1 Å². The first-order valence-electron chi connectivity index (χ1n) is 27.6. The van der Waals surface area contributed by atoms with Crippen LogP contribution in [0.5, 0.6) is 5.75 Å². The topological polar surface area (TPSA) is 43.1 Å². The van der Waals surface area contributed by atoms with Crippen LogP contribution in [0.15, 0.2) is 218 Å². The Balaban J connectivity index is 1.20. The van der Waals surface area contributed by atoms with Gasteiger partial charge in [-0.3, -0.25) is 4.79 Å². The van der Waals surface area contributed by atoms with Gasteiger partial charge in [0.15, 0.2) is 5.60 Å². The Morgan fingerprint density at radius 1 is 0.571 bits per heavy atom. The zero-order valence-corrected chi connectivity index (χ0v) is 44.1. The molecule has 2 aliphatic rings. The average Bonchev–Trinajstić information content (AvgIpc) is 3.66. The molecule has 0 fully saturated rings. The predicted molar refractivity (Wildman–Crippen MR) is 317 cm³/mol. The minimum atomic E-state index is -1.04. The lowest BCUT2D eigenvalue weighted by molar-refractivity contribution is -0.124. The van der Waals surface area contributed by atoms with E-state index in [1.54, 1.807) is 6.08 Å². The summed E-state index contributed by atoms with van der Waals surface area (Å²) in [6.07, 6.45) is 18.0. The van der Waals surface area contributed by atoms with Crippen molar-refractivity contribution in [3.63, 3.8) is 0 Å². The number of benzene rings is 9. The third kappa shape index (κ3) is 9.55. The molecule has 1 aliphatic carbocycles. The molecule has 0 N–H and O–H groups in total. The molecule has 1 heterocycles. The molecule has 1 atom stereocenters. The highest BCUT2D eigenvalue weighted by Crippen LogP contribution is 2.63. The first-order valence-corrected chi connectivity index (χ1v) is 27.6. The molecule has 0 saturated heterocycles. The lowest BCUT2D eigenvalue weighted by Crippen LogP contribution is -2.36. The molecule has 5 heteroatoms. The predicted octanol–water partition coefficient (Wildman–Crippen LogP) is 18.7. The Labute approximate surface area is 454 Å². The van der Waals surface area contributed by atoms with Crippen LogP contribution in [0.1, 0.15) is 121 Å². The largest absolute Gasteiger partial charge is 0.472 e. The average molecular weight is 1010 g/mol. The first-order chi connectivity index (χ1) is 38.0. The molecule has 77 heavy (non-hydrogen) atoms. The monoisotopic (exact) mass is 1000 g/mol. The van der Waals surface area contributed by atoms with Crippen LogP contribution in [0.3, 0.4) is 0 Å². The van der Waals surface area contributed by atoms with Gasteiger partial charge in [0.25, 0.3) is 6.47 Å². The molecule has 0 spiro atoms. The van der Waals surface area contributed by atoms with E-state index in [9.17, 15) is 4.79 Å². The second-order valence-corrected chi connectivity index (χ2v) is 20.5. The quantitative estimate of drug-likeness (QED) is 0.0330. The fourth-order valence-corrected chi connectivity index (χ4v) is 12.1. The zero-order chi connectivity index (χ0) is 52.6. The second-order valence-electron chi connectivity index (χ2n) is 20.5. The summed E-state index contributed by atoms with van der Waals surface area (Å²) in [6.45, 7) is 12.4. The maximum atomic E-state index is 11.2. The van der Waals surface area contributed by atoms with E-state index < -0.39 is 11.0 Å². The van der Waals surface area contributed by atoms with Gasteiger partial charge in [-0.1, -0.05) is 228 Å². The molecule has 1 unspecified atom stereocenters. The maximum absolute atomic E-state index is 11.2. The number of para-hydroxylation sites is 2. The van der Waals surface area contributed by atoms with Gasteiger partial charge < -0.3 is 14.4 Å². The molecule has 0 amide bonds. The number of rotatable bonds is 20. The molecular formula is C72H64N2O3. The van der Waals surface area contributed by atoms with Gasteiger partial charge in [-0.15, -0.1) is 0 Å². The molecule has 9 aromatic carbocycles. The van der Waals surface area contributed by atoms with Crippen LogP contribution >= 0.6 is 0 Å². The van der Waals surface area contributed by atoms with E-state index in [0.29, 0.717) is 0 Å². The summed E-state index contributed by atoms with van der Waals surface area (Å²) in [7, 11) is 0. The number of fused-ring (bicyclic) bond motifs is 8. The smallest absolute Gasteiger partial charge is 0.348 e. The SMILES string of the molecule is [C-]#[N+]/C(=C/c1ccc(C2(c3ccccc3)C=Cc3c4c(c5ccccc5c3O2)-c2ccc(N(c3ccccc3)c3ccccc3)cc2C4(c2ccc(CCCCCC)cc2)c2ccc(CCCCCC)cc2)cc1)OC=O. The van der Waals surface area contributed by atoms with Crippen LogP contribution in [-0.2, 0) is 33.4 Å². The van der Waals surface area contributed by atoms with Gasteiger partial charge >= 0.3 is 5.88 Å². The van der Waals surface area contributed by atoms with E-state index in [4.69, 9.17) is 16.0 Å². The lowest BCUT2D eigenvalue weighted by Gasteiger charge is -2.40. The molecule has 380 valence electrons. The Morgan fingerprint density at radius 2 is 1.10 bits per heavy atom. The van der Waals surface area contributed by atoms with Gasteiger partial charge in [0, 0.05) is 39.1 Å². The van der Waals surface area contributed by atoms with Gasteiger partial charge in [0.05, 0.1) is 12.0 Å². The van der Waals surface area contributed by atoms with Crippen molar-refractivity contribution in [1.82, 2.24) is 0 Å². The van der Waals surface area contributed by atoms with E-state index in [1.807, 2.05) is 30.3 Å². The van der Waals surface area contributed by atoms with Gasteiger partial charge in [-0.2, -0.15) is 4.85 Å². The van der Waals surface area contributed by atoms with Crippen molar-refractivity contribution in [1.29, 1.82) is 0 Å². The molecule has 11 rings (SSSR count). The van der Waals surface area contributed by atoms with E-state index in [0.717, 1.165) is 68.7 Å². The summed E-state index contributed by atoms with van der Waals surface area (Å²) in [5.41, 5.74) is 15.0.